The molecule has 15 heavy (non-hydrogen) atoms. The molecule has 0 rings (SSSR count). The van der Waals surface area contributed by atoms with Crippen molar-refractivity contribution in [1.29, 1.82) is 0 Å². The van der Waals surface area contributed by atoms with Crippen molar-refractivity contribution in [3.63, 3.8) is 0 Å². The van der Waals surface area contributed by atoms with E-state index in [1.165, 1.54) is 0 Å². The van der Waals surface area contributed by atoms with Gasteiger partial charge in [0, 0.05) is 19.1 Å². The first-order valence-electron chi connectivity index (χ1n) is 5.26. The predicted molar refractivity (Wildman–Crippen MR) is 53.8 cm³/mol. The lowest BCUT2D eigenvalue weighted by Crippen LogP contribution is -2.37. The van der Waals surface area contributed by atoms with E-state index in [2.05, 4.69) is 5.32 Å². The molecule has 2 unspecified atom stereocenters. The van der Waals surface area contributed by atoms with Crippen LogP contribution in [0.5, 0.6) is 0 Å². The Labute approximate surface area is 89.2 Å². The predicted octanol–water partition coefficient (Wildman–Crippen LogP) is 2.73. The van der Waals surface area contributed by atoms with Crippen molar-refractivity contribution in [2.24, 2.45) is 0 Å². The van der Waals surface area contributed by atoms with Crippen LogP contribution in [0.25, 0.3) is 0 Å². The molecule has 1 N–H and O–H groups in total. The van der Waals surface area contributed by atoms with Crippen molar-refractivity contribution in [1.82, 2.24) is 5.32 Å². The Morgan fingerprint density at radius 3 is 2.33 bits per heavy atom. The zero-order valence-electron chi connectivity index (χ0n) is 9.53. The smallest absolute Gasteiger partial charge is 0.377 e. The zero-order chi connectivity index (χ0) is 11.9. The lowest BCUT2D eigenvalue weighted by atomic mass is 10.1. The molecule has 0 aliphatic heterocycles. The highest BCUT2D eigenvalue weighted by Crippen LogP contribution is 2.21. The van der Waals surface area contributed by atoms with E-state index in [-0.39, 0.29) is 25.2 Å². The summed E-state index contributed by atoms with van der Waals surface area (Å²) in [5.74, 6) is 0. The maximum Gasteiger partial charge on any atom is 0.389 e. The third-order valence-corrected chi connectivity index (χ3v) is 2.36. The number of nitrogens with one attached hydrogen (secondary N) is 1. The van der Waals surface area contributed by atoms with Gasteiger partial charge < -0.3 is 10.1 Å². The summed E-state index contributed by atoms with van der Waals surface area (Å²) in [6, 6.07) is 0.205. The number of hydrogen-bond donors (Lipinski definition) is 1. The minimum absolute atomic E-state index is 0.0357. The number of halogens is 3. The summed E-state index contributed by atoms with van der Waals surface area (Å²) in [6.45, 7) is 4.05. The van der Waals surface area contributed by atoms with Gasteiger partial charge in [-0.3, -0.25) is 0 Å². The van der Waals surface area contributed by atoms with E-state index in [1.54, 1.807) is 0 Å². The Bertz CT molecular complexity index is 157. The second-order valence-electron chi connectivity index (χ2n) is 3.60. The van der Waals surface area contributed by atoms with Crippen LogP contribution in [0.4, 0.5) is 13.2 Å². The van der Waals surface area contributed by atoms with Crippen LogP contribution in [0.2, 0.25) is 0 Å². The minimum Gasteiger partial charge on any atom is -0.377 e. The SMILES string of the molecule is CCC(NC)C(C)OCCCC(F)(F)F. The average molecular weight is 227 g/mol. The van der Waals surface area contributed by atoms with E-state index >= 15 is 0 Å². The maximum atomic E-state index is 11.8. The summed E-state index contributed by atoms with van der Waals surface area (Å²) >= 11 is 0. The average Bonchev–Trinajstić information content (AvgIpc) is 2.13. The van der Waals surface area contributed by atoms with Gasteiger partial charge in [0.05, 0.1) is 6.10 Å². The highest BCUT2D eigenvalue weighted by Gasteiger charge is 2.26. The van der Waals surface area contributed by atoms with Crippen LogP contribution < -0.4 is 5.32 Å². The fourth-order valence-electron chi connectivity index (χ4n) is 1.43. The van der Waals surface area contributed by atoms with Crippen molar-refractivity contribution in [2.75, 3.05) is 13.7 Å². The Hall–Kier alpha value is -0.290. The van der Waals surface area contributed by atoms with Crippen LogP contribution in [0.3, 0.4) is 0 Å². The minimum atomic E-state index is -4.07. The molecule has 0 radical (unpaired) electrons. The van der Waals surface area contributed by atoms with Gasteiger partial charge in [-0.25, -0.2) is 0 Å². The van der Waals surface area contributed by atoms with E-state index in [0.29, 0.717) is 0 Å². The van der Waals surface area contributed by atoms with E-state index in [9.17, 15) is 13.2 Å². The molecule has 0 aromatic carbocycles. The zero-order valence-corrected chi connectivity index (χ0v) is 9.53. The van der Waals surface area contributed by atoms with Crippen LogP contribution >= 0.6 is 0 Å². The Balaban J connectivity index is 3.58. The first kappa shape index (κ1) is 14.7. The molecule has 0 aliphatic rings. The van der Waals surface area contributed by atoms with Crippen molar-refractivity contribution in [3.05, 3.63) is 0 Å². The van der Waals surface area contributed by atoms with E-state index < -0.39 is 12.6 Å². The molecule has 5 heteroatoms. The molecule has 0 aliphatic carbocycles. The van der Waals surface area contributed by atoms with Crippen LogP contribution in [-0.2, 0) is 4.74 Å². The fourth-order valence-corrected chi connectivity index (χ4v) is 1.43. The topological polar surface area (TPSA) is 21.3 Å². The second-order valence-corrected chi connectivity index (χ2v) is 3.60. The van der Waals surface area contributed by atoms with Gasteiger partial charge in [-0.15, -0.1) is 0 Å². The van der Waals surface area contributed by atoms with Gasteiger partial charge in [0.1, 0.15) is 0 Å². The monoisotopic (exact) mass is 227 g/mol. The molecule has 0 amide bonds. The van der Waals surface area contributed by atoms with Crippen LogP contribution in [-0.4, -0.2) is 32.0 Å². The van der Waals surface area contributed by atoms with E-state index in [4.69, 9.17) is 4.74 Å². The van der Waals surface area contributed by atoms with Crippen molar-refractivity contribution in [2.45, 2.75) is 51.4 Å². The van der Waals surface area contributed by atoms with Gasteiger partial charge in [-0.05, 0) is 26.8 Å². The molecular weight excluding hydrogens is 207 g/mol. The van der Waals surface area contributed by atoms with Gasteiger partial charge in [-0.1, -0.05) is 6.92 Å². The number of likely N-dealkylation sites (N-methyl/N-ethyl adjacent to an activating group) is 1. The summed E-state index contributed by atoms with van der Waals surface area (Å²) in [6.07, 6.45) is -3.95. The summed E-state index contributed by atoms with van der Waals surface area (Å²) in [5.41, 5.74) is 0. The summed E-state index contributed by atoms with van der Waals surface area (Å²) in [4.78, 5) is 0. The van der Waals surface area contributed by atoms with Gasteiger partial charge >= 0.3 is 6.18 Å². The number of hydrogen-bond acceptors (Lipinski definition) is 2. The Morgan fingerprint density at radius 1 is 1.33 bits per heavy atom. The molecule has 0 aromatic rings. The molecule has 92 valence electrons. The summed E-state index contributed by atoms with van der Waals surface area (Å²) in [5, 5.41) is 3.06. The maximum absolute atomic E-state index is 11.8. The largest absolute Gasteiger partial charge is 0.389 e. The van der Waals surface area contributed by atoms with Gasteiger partial charge in [0.15, 0.2) is 0 Å². The molecule has 0 saturated heterocycles. The first-order chi connectivity index (χ1) is 6.90. The molecule has 0 aromatic heterocycles. The van der Waals surface area contributed by atoms with Gasteiger partial charge in [-0.2, -0.15) is 13.2 Å². The Morgan fingerprint density at radius 2 is 1.93 bits per heavy atom. The normalized spacial score (nSPS) is 16.4. The lowest BCUT2D eigenvalue weighted by Gasteiger charge is -2.22. The van der Waals surface area contributed by atoms with E-state index in [1.807, 2.05) is 20.9 Å². The molecule has 0 saturated carbocycles. The van der Waals surface area contributed by atoms with Crippen molar-refractivity contribution >= 4 is 0 Å². The third-order valence-electron chi connectivity index (χ3n) is 2.36. The quantitative estimate of drug-likeness (QED) is 0.675. The summed E-state index contributed by atoms with van der Waals surface area (Å²) < 4.78 is 40.7. The molecule has 2 atom stereocenters. The van der Waals surface area contributed by atoms with Crippen LogP contribution in [0, 0.1) is 0 Å². The molecule has 0 heterocycles. The molecule has 0 bridgehead atoms. The second kappa shape index (κ2) is 7.06. The van der Waals surface area contributed by atoms with Gasteiger partial charge in [0.2, 0.25) is 0 Å². The Kier molecular flexibility index (Phi) is 6.92. The third kappa shape index (κ3) is 7.62. The van der Waals surface area contributed by atoms with Crippen LogP contribution in [0.1, 0.15) is 33.1 Å². The fraction of sp³-hybridized carbons (Fsp3) is 1.00. The van der Waals surface area contributed by atoms with Crippen molar-refractivity contribution < 1.29 is 17.9 Å². The number of ether oxygens (including phenoxy) is 1. The standard InChI is InChI=1S/C10H20F3NO/c1-4-9(14-3)8(2)15-7-5-6-10(11,12)13/h8-9,14H,4-7H2,1-3H3. The van der Waals surface area contributed by atoms with E-state index in [0.717, 1.165) is 6.42 Å². The molecular formula is C10H20F3NO. The first-order valence-corrected chi connectivity index (χ1v) is 5.26. The highest BCUT2D eigenvalue weighted by atomic mass is 19.4. The number of alkyl halides is 3. The van der Waals surface area contributed by atoms with Gasteiger partial charge in [0.25, 0.3) is 0 Å². The highest BCUT2D eigenvalue weighted by molar-refractivity contribution is 4.69. The number of rotatable bonds is 7. The molecule has 2 nitrogen and oxygen atoms in total. The lowest BCUT2D eigenvalue weighted by molar-refractivity contribution is -0.139. The summed E-state index contributed by atoms with van der Waals surface area (Å²) in [7, 11) is 1.82. The molecule has 0 spiro atoms. The van der Waals surface area contributed by atoms with Crippen molar-refractivity contribution in [3.8, 4) is 0 Å². The van der Waals surface area contributed by atoms with Crippen LogP contribution in [0.15, 0.2) is 0 Å². The molecule has 0 fully saturated rings.